The molecule has 4 aromatic rings. The molecule has 0 heterocycles. The summed E-state index contributed by atoms with van der Waals surface area (Å²) in [6, 6.07) is 16.8. The third-order valence-electron chi connectivity index (χ3n) is 5.05. The van der Waals surface area contributed by atoms with Gasteiger partial charge >= 0.3 is 21.6 Å². The van der Waals surface area contributed by atoms with Gasteiger partial charge in [-0.2, -0.15) is 21.6 Å². The van der Waals surface area contributed by atoms with Crippen LogP contribution in [0.1, 0.15) is 10.4 Å². The highest BCUT2D eigenvalue weighted by Crippen LogP contribution is 2.47. The van der Waals surface area contributed by atoms with E-state index in [1.165, 1.54) is 18.2 Å². The molecule has 0 aliphatic carbocycles. The maximum absolute atomic E-state index is 13.1. The lowest BCUT2D eigenvalue weighted by molar-refractivity contribution is -0.0499. The number of carbonyl (C=O) groups excluding carboxylic acids is 1. The Labute approximate surface area is 185 Å². The zero-order valence-electron chi connectivity index (χ0n) is 16.9. The van der Waals surface area contributed by atoms with Crippen LogP contribution in [0.4, 0.5) is 13.2 Å². The van der Waals surface area contributed by atoms with Crippen molar-refractivity contribution in [1.82, 2.24) is 0 Å². The average Bonchev–Trinajstić information content (AvgIpc) is 2.78. The molecular weight excluding hydrogens is 461 g/mol. The monoisotopic (exact) mass is 476 g/mol. The molecule has 0 saturated carbocycles. The van der Waals surface area contributed by atoms with Gasteiger partial charge in [-0.25, -0.2) is 4.79 Å². The van der Waals surface area contributed by atoms with Gasteiger partial charge in [0.2, 0.25) is 0 Å². The van der Waals surface area contributed by atoms with Crippen LogP contribution in [0.3, 0.4) is 0 Å². The number of fused-ring (bicyclic) bond motifs is 2. The zero-order valence-corrected chi connectivity index (χ0v) is 17.7. The molecule has 4 aromatic carbocycles. The fourth-order valence-electron chi connectivity index (χ4n) is 3.60. The lowest BCUT2D eigenvalue weighted by atomic mass is 9.90. The Morgan fingerprint density at radius 1 is 0.879 bits per heavy atom. The predicted molar refractivity (Wildman–Crippen MR) is 115 cm³/mol. The first-order valence-electron chi connectivity index (χ1n) is 9.41. The van der Waals surface area contributed by atoms with Gasteiger partial charge in [-0.3, -0.25) is 0 Å². The zero-order chi connectivity index (χ0) is 24.0. The minimum Gasteiger partial charge on any atom is -0.506 e. The Morgan fingerprint density at radius 2 is 1.45 bits per heavy atom. The van der Waals surface area contributed by atoms with Gasteiger partial charge in [-0.15, -0.1) is 0 Å². The molecule has 0 aliphatic rings. The molecule has 6 nitrogen and oxygen atoms in total. The van der Waals surface area contributed by atoms with Crippen molar-refractivity contribution in [1.29, 1.82) is 0 Å². The summed E-state index contributed by atoms with van der Waals surface area (Å²) in [4.78, 5) is 12.3. The van der Waals surface area contributed by atoms with Crippen molar-refractivity contribution >= 4 is 37.6 Å². The van der Waals surface area contributed by atoms with E-state index in [1.807, 2.05) is 0 Å². The summed E-state index contributed by atoms with van der Waals surface area (Å²) in [7, 11) is -4.91. The molecule has 1 N–H and O–H groups in total. The minimum absolute atomic E-state index is 0.0716. The molecule has 4 rings (SSSR count). The predicted octanol–water partition coefficient (Wildman–Crippen LogP) is 5.38. The Kier molecular flexibility index (Phi) is 5.41. The van der Waals surface area contributed by atoms with Gasteiger partial charge in [-0.1, -0.05) is 54.6 Å². The van der Waals surface area contributed by atoms with Crippen molar-refractivity contribution in [3.8, 4) is 22.6 Å². The topological polar surface area (TPSA) is 89.9 Å². The third-order valence-corrected chi connectivity index (χ3v) is 6.02. The molecule has 0 atom stereocenters. The van der Waals surface area contributed by atoms with Crippen molar-refractivity contribution in [3.63, 3.8) is 0 Å². The normalized spacial score (nSPS) is 12.1. The van der Waals surface area contributed by atoms with Crippen LogP contribution < -0.4 is 4.18 Å². The van der Waals surface area contributed by atoms with Gasteiger partial charge in [0.1, 0.15) is 11.3 Å². The van der Waals surface area contributed by atoms with Gasteiger partial charge in [0.15, 0.2) is 5.75 Å². The van der Waals surface area contributed by atoms with Crippen molar-refractivity contribution in [2.24, 2.45) is 0 Å². The Balaban J connectivity index is 2.16. The minimum atomic E-state index is -6.02. The van der Waals surface area contributed by atoms with Gasteiger partial charge in [0, 0.05) is 11.1 Å². The van der Waals surface area contributed by atoms with Crippen molar-refractivity contribution in [2.45, 2.75) is 5.51 Å². The molecule has 10 heteroatoms. The lowest BCUT2D eigenvalue weighted by Gasteiger charge is -2.19. The van der Waals surface area contributed by atoms with Gasteiger partial charge in [0.25, 0.3) is 0 Å². The number of ether oxygens (including phenoxy) is 1. The number of rotatable bonds is 4. The van der Waals surface area contributed by atoms with Crippen LogP contribution in [0.15, 0.2) is 66.7 Å². The maximum atomic E-state index is 13.1. The standard InChI is InChI=1S/C23H15F3O6S/c1-31-22(28)17-12-14-7-3-5-9-16(14)20(21(17)27)19-15-8-4-2-6-13(15)10-11-18(19)32-33(29,30)23(24,25)26/h2-12,27H,1H3. The molecule has 0 bridgehead atoms. The van der Waals surface area contributed by atoms with Crippen LogP contribution in [0.2, 0.25) is 0 Å². The SMILES string of the molecule is COC(=O)c1cc2ccccc2c(-c2c(OS(=O)(=O)C(F)(F)F)ccc3ccccc23)c1O. The number of phenolic OH excluding ortho intramolecular Hbond substituents is 1. The molecule has 0 fully saturated rings. The fourth-order valence-corrected chi connectivity index (χ4v) is 4.07. The van der Waals surface area contributed by atoms with Crippen LogP contribution in [-0.2, 0) is 14.9 Å². The van der Waals surface area contributed by atoms with Crippen LogP contribution in [0.25, 0.3) is 32.7 Å². The molecule has 170 valence electrons. The van der Waals surface area contributed by atoms with Gasteiger partial charge < -0.3 is 14.0 Å². The first-order chi connectivity index (χ1) is 15.5. The van der Waals surface area contributed by atoms with E-state index in [0.717, 1.165) is 13.2 Å². The fraction of sp³-hybridized carbons (Fsp3) is 0.0870. The van der Waals surface area contributed by atoms with E-state index < -0.39 is 33.1 Å². The van der Waals surface area contributed by atoms with E-state index in [9.17, 15) is 31.5 Å². The van der Waals surface area contributed by atoms with Crippen molar-refractivity contribution in [3.05, 3.63) is 72.3 Å². The molecule has 0 aliphatic heterocycles. The first-order valence-corrected chi connectivity index (χ1v) is 10.8. The van der Waals surface area contributed by atoms with Crippen LogP contribution in [-0.4, -0.2) is 32.1 Å². The van der Waals surface area contributed by atoms with Crippen LogP contribution in [0, 0.1) is 0 Å². The highest BCUT2D eigenvalue weighted by Gasteiger charge is 2.49. The third kappa shape index (κ3) is 3.82. The summed E-state index contributed by atoms with van der Waals surface area (Å²) >= 11 is 0. The molecule has 0 spiro atoms. The van der Waals surface area contributed by atoms with Gasteiger partial charge in [0.05, 0.1) is 7.11 Å². The first kappa shape index (κ1) is 22.4. The number of hydrogen-bond donors (Lipinski definition) is 1. The van der Waals surface area contributed by atoms with Crippen molar-refractivity contribution < 1.29 is 40.4 Å². The van der Waals surface area contributed by atoms with E-state index >= 15 is 0 Å². The maximum Gasteiger partial charge on any atom is 0.534 e. The number of hydrogen-bond acceptors (Lipinski definition) is 6. The number of phenols is 1. The highest BCUT2D eigenvalue weighted by molar-refractivity contribution is 7.88. The summed E-state index contributed by atoms with van der Waals surface area (Å²) in [5.41, 5.74) is -6.12. The number of benzene rings is 4. The molecule has 0 amide bonds. The highest BCUT2D eigenvalue weighted by atomic mass is 32.2. The van der Waals surface area contributed by atoms with E-state index in [4.69, 9.17) is 4.74 Å². The van der Waals surface area contributed by atoms with Gasteiger partial charge in [-0.05, 0) is 33.7 Å². The Bertz CT molecular complexity index is 1510. The largest absolute Gasteiger partial charge is 0.534 e. The number of aromatic hydroxyl groups is 1. The summed E-state index contributed by atoms with van der Waals surface area (Å²) in [6.45, 7) is 0. The molecule has 0 unspecified atom stereocenters. The number of alkyl halides is 3. The molecule has 0 radical (unpaired) electrons. The second-order valence-electron chi connectivity index (χ2n) is 7.00. The molecule has 0 saturated heterocycles. The summed E-state index contributed by atoms with van der Waals surface area (Å²) in [5.74, 6) is -2.13. The van der Waals surface area contributed by atoms with Crippen molar-refractivity contribution in [2.75, 3.05) is 7.11 Å². The Morgan fingerprint density at radius 3 is 2.06 bits per heavy atom. The summed E-state index contributed by atoms with van der Waals surface area (Å²) in [5, 5.41) is 12.7. The number of methoxy groups -OCH3 is 1. The summed E-state index contributed by atoms with van der Waals surface area (Å²) < 4.78 is 72.2. The number of halogens is 3. The molecular formula is C23H15F3O6S. The average molecular weight is 476 g/mol. The van der Waals surface area contributed by atoms with Crippen LogP contribution >= 0.6 is 0 Å². The molecule has 33 heavy (non-hydrogen) atoms. The van der Waals surface area contributed by atoms with E-state index in [0.29, 0.717) is 21.5 Å². The second-order valence-corrected chi connectivity index (χ2v) is 8.54. The van der Waals surface area contributed by atoms with E-state index in [2.05, 4.69) is 4.18 Å². The number of esters is 1. The quantitative estimate of drug-likeness (QED) is 0.242. The lowest BCUT2D eigenvalue weighted by Crippen LogP contribution is -2.28. The Hall–Kier alpha value is -3.79. The molecule has 0 aromatic heterocycles. The van der Waals surface area contributed by atoms with Crippen LogP contribution in [0.5, 0.6) is 11.5 Å². The second kappa shape index (κ2) is 7.96. The van der Waals surface area contributed by atoms with E-state index in [1.54, 1.807) is 42.5 Å². The summed E-state index contributed by atoms with van der Waals surface area (Å²) in [6.07, 6.45) is 0. The smallest absolute Gasteiger partial charge is 0.506 e. The number of carbonyl (C=O) groups is 1. The van der Waals surface area contributed by atoms with E-state index in [-0.39, 0.29) is 16.7 Å².